The van der Waals surface area contributed by atoms with Crippen LogP contribution in [0, 0.1) is 0 Å². The SMILES string of the molecule is C=CCOCCO[C@H]1CCNC1. The average molecular weight is 171 g/mol. The highest BCUT2D eigenvalue weighted by Crippen LogP contribution is 2.01. The molecule has 0 bridgehead atoms. The molecule has 0 amide bonds. The topological polar surface area (TPSA) is 30.5 Å². The maximum atomic E-state index is 5.53. The summed E-state index contributed by atoms with van der Waals surface area (Å²) in [5, 5.41) is 3.24. The van der Waals surface area contributed by atoms with Crippen molar-refractivity contribution in [3.05, 3.63) is 12.7 Å². The van der Waals surface area contributed by atoms with Crippen LogP contribution >= 0.6 is 0 Å². The van der Waals surface area contributed by atoms with Crippen molar-refractivity contribution in [3.63, 3.8) is 0 Å². The van der Waals surface area contributed by atoms with Crippen LogP contribution in [0.3, 0.4) is 0 Å². The Morgan fingerprint density at radius 2 is 2.42 bits per heavy atom. The second kappa shape index (κ2) is 6.17. The van der Waals surface area contributed by atoms with Crippen LogP contribution in [-0.4, -0.2) is 39.0 Å². The van der Waals surface area contributed by atoms with E-state index in [1.54, 1.807) is 6.08 Å². The summed E-state index contributed by atoms with van der Waals surface area (Å²) in [6, 6.07) is 0. The fourth-order valence-corrected chi connectivity index (χ4v) is 1.21. The Bertz CT molecular complexity index is 122. The van der Waals surface area contributed by atoms with Gasteiger partial charge in [0.1, 0.15) is 0 Å². The normalized spacial score (nSPS) is 22.8. The molecule has 3 nitrogen and oxygen atoms in total. The van der Waals surface area contributed by atoms with Crippen molar-refractivity contribution in [1.82, 2.24) is 5.32 Å². The second-order valence-corrected chi connectivity index (χ2v) is 2.85. The lowest BCUT2D eigenvalue weighted by Crippen LogP contribution is -2.19. The molecule has 1 N–H and O–H groups in total. The van der Waals surface area contributed by atoms with E-state index in [9.17, 15) is 0 Å². The van der Waals surface area contributed by atoms with E-state index in [0.717, 1.165) is 19.5 Å². The molecule has 0 aromatic carbocycles. The van der Waals surface area contributed by atoms with Crippen molar-refractivity contribution < 1.29 is 9.47 Å². The zero-order valence-electron chi connectivity index (χ0n) is 7.42. The quantitative estimate of drug-likeness (QED) is 0.468. The van der Waals surface area contributed by atoms with Crippen molar-refractivity contribution >= 4 is 0 Å². The molecule has 1 aliphatic heterocycles. The predicted molar refractivity (Wildman–Crippen MR) is 48.2 cm³/mol. The van der Waals surface area contributed by atoms with E-state index in [4.69, 9.17) is 9.47 Å². The van der Waals surface area contributed by atoms with Gasteiger partial charge in [0, 0.05) is 6.54 Å². The molecule has 1 aliphatic rings. The standard InChI is InChI=1S/C9H17NO2/c1-2-5-11-6-7-12-9-3-4-10-8-9/h2,9-10H,1,3-8H2/t9-/m0/s1. The summed E-state index contributed by atoms with van der Waals surface area (Å²) in [5.74, 6) is 0. The number of hydrogen-bond donors (Lipinski definition) is 1. The van der Waals surface area contributed by atoms with E-state index in [2.05, 4.69) is 11.9 Å². The first-order valence-corrected chi connectivity index (χ1v) is 4.44. The van der Waals surface area contributed by atoms with E-state index >= 15 is 0 Å². The maximum absolute atomic E-state index is 5.53. The molecule has 1 saturated heterocycles. The molecule has 1 heterocycles. The molecule has 0 aromatic rings. The molecular weight excluding hydrogens is 154 g/mol. The summed E-state index contributed by atoms with van der Waals surface area (Å²) in [6.07, 6.45) is 3.27. The van der Waals surface area contributed by atoms with Gasteiger partial charge >= 0.3 is 0 Å². The molecule has 3 heteroatoms. The van der Waals surface area contributed by atoms with E-state index < -0.39 is 0 Å². The van der Waals surface area contributed by atoms with Crippen LogP contribution in [0.25, 0.3) is 0 Å². The number of hydrogen-bond acceptors (Lipinski definition) is 3. The van der Waals surface area contributed by atoms with Crippen molar-refractivity contribution in [2.75, 3.05) is 32.9 Å². The van der Waals surface area contributed by atoms with Gasteiger partial charge < -0.3 is 14.8 Å². The molecule has 1 rings (SSSR count). The largest absolute Gasteiger partial charge is 0.375 e. The second-order valence-electron chi connectivity index (χ2n) is 2.85. The maximum Gasteiger partial charge on any atom is 0.0712 e. The van der Waals surface area contributed by atoms with Gasteiger partial charge in [-0.15, -0.1) is 6.58 Å². The molecule has 70 valence electrons. The smallest absolute Gasteiger partial charge is 0.0712 e. The first-order chi connectivity index (χ1) is 5.93. The molecule has 12 heavy (non-hydrogen) atoms. The van der Waals surface area contributed by atoms with Gasteiger partial charge in [0.15, 0.2) is 0 Å². The van der Waals surface area contributed by atoms with Crippen LogP contribution in [0.2, 0.25) is 0 Å². The lowest BCUT2D eigenvalue weighted by atomic mass is 10.3. The van der Waals surface area contributed by atoms with Crippen LogP contribution in [-0.2, 0) is 9.47 Å². The van der Waals surface area contributed by atoms with Gasteiger partial charge in [0.25, 0.3) is 0 Å². The van der Waals surface area contributed by atoms with Crippen LogP contribution in [0.4, 0.5) is 0 Å². The highest BCUT2D eigenvalue weighted by Gasteiger charge is 2.13. The van der Waals surface area contributed by atoms with Gasteiger partial charge in [-0.3, -0.25) is 0 Å². The summed E-state index contributed by atoms with van der Waals surface area (Å²) in [4.78, 5) is 0. The molecule has 1 atom stereocenters. The average Bonchev–Trinajstić information content (AvgIpc) is 2.57. The first-order valence-electron chi connectivity index (χ1n) is 4.44. The van der Waals surface area contributed by atoms with Crippen LogP contribution in [0.5, 0.6) is 0 Å². The molecule has 0 radical (unpaired) electrons. The zero-order valence-corrected chi connectivity index (χ0v) is 7.42. The third-order valence-electron chi connectivity index (χ3n) is 1.83. The Morgan fingerprint density at radius 3 is 3.08 bits per heavy atom. The minimum atomic E-state index is 0.400. The van der Waals surface area contributed by atoms with Gasteiger partial charge in [0.2, 0.25) is 0 Å². The van der Waals surface area contributed by atoms with Gasteiger partial charge in [-0.05, 0) is 13.0 Å². The van der Waals surface area contributed by atoms with E-state index in [1.807, 2.05) is 0 Å². The molecular formula is C9H17NO2. The van der Waals surface area contributed by atoms with Crippen molar-refractivity contribution in [2.24, 2.45) is 0 Å². The molecule has 0 unspecified atom stereocenters. The number of rotatable bonds is 6. The zero-order chi connectivity index (χ0) is 8.65. The summed E-state index contributed by atoms with van der Waals surface area (Å²) in [7, 11) is 0. The highest BCUT2D eigenvalue weighted by molar-refractivity contribution is 4.70. The van der Waals surface area contributed by atoms with Crippen LogP contribution in [0.15, 0.2) is 12.7 Å². The van der Waals surface area contributed by atoms with Gasteiger partial charge in [-0.25, -0.2) is 0 Å². The molecule has 0 aliphatic carbocycles. The van der Waals surface area contributed by atoms with E-state index in [-0.39, 0.29) is 0 Å². The summed E-state index contributed by atoms with van der Waals surface area (Å²) in [5.41, 5.74) is 0. The van der Waals surface area contributed by atoms with Crippen molar-refractivity contribution in [1.29, 1.82) is 0 Å². The summed E-state index contributed by atoms with van der Waals surface area (Å²) in [6.45, 7) is 7.61. The summed E-state index contributed by atoms with van der Waals surface area (Å²) >= 11 is 0. The minimum Gasteiger partial charge on any atom is -0.375 e. The molecule has 0 spiro atoms. The highest BCUT2D eigenvalue weighted by atomic mass is 16.5. The Morgan fingerprint density at radius 1 is 1.50 bits per heavy atom. The molecule has 0 aromatic heterocycles. The van der Waals surface area contributed by atoms with E-state index in [0.29, 0.717) is 25.9 Å². The Hall–Kier alpha value is -0.380. The fraction of sp³-hybridized carbons (Fsp3) is 0.778. The van der Waals surface area contributed by atoms with Crippen LogP contribution in [0.1, 0.15) is 6.42 Å². The number of ether oxygens (including phenoxy) is 2. The Kier molecular flexibility index (Phi) is 4.99. The third kappa shape index (κ3) is 3.85. The predicted octanol–water partition coefficient (Wildman–Crippen LogP) is 0.567. The fourth-order valence-electron chi connectivity index (χ4n) is 1.21. The summed E-state index contributed by atoms with van der Waals surface area (Å²) < 4.78 is 10.7. The van der Waals surface area contributed by atoms with E-state index in [1.165, 1.54) is 0 Å². The van der Waals surface area contributed by atoms with Gasteiger partial charge in [-0.1, -0.05) is 6.08 Å². The molecule has 0 saturated carbocycles. The lowest BCUT2D eigenvalue weighted by molar-refractivity contribution is 0.0197. The molecule has 1 fully saturated rings. The van der Waals surface area contributed by atoms with Crippen molar-refractivity contribution in [2.45, 2.75) is 12.5 Å². The lowest BCUT2D eigenvalue weighted by Gasteiger charge is -2.09. The monoisotopic (exact) mass is 171 g/mol. The first kappa shape index (κ1) is 9.71. The minimum absolute atomic E-state index is 0.400. The number of nitrogens with one attached hydrogen (secondary N) is 1. The Labute approximate surface area is 73.7 Å². The Balaban J connectivity index is 1.84. The van der Waals surface area contributed by atoms with Gasteiger partial charge in [0.05, 0.1) is 25.9 Å². The van der Waals surface area contributed by atoms with Crippen LogP contribution < -0.4 is 5.32 Å². The van der Waals surface area contributed by atoms with Crippen molar-refractivity contribution in [3.8, 4) is 0 Å². The van der Waals surface area contributed by atoms with Gasteiger partial charge in [-0.2, -0.15) is 0 Å². The third-order valence-corrected chi connectivity index (χ3v) is 1.83.